The zero-order valence-corrected chi connectivity index (χ0v) is 17.3. The Morgan fingerprint density at radius 1 is 1.12 bits per heavy atom. The lowest BCUT2D eigenvalue weighted by atomic mass is 9.94. The molecule has 0 heterocycles. The van der Waals surface area contributed by atoms with E-state index < -0.39 is 6.10 Å². The summed E-state index contributed by atoms with van der Waals surface area (Å²) < 4.78 is 5.41. The number of methoxy groups -OCH3 is 1. The summed E-state index contributed by atoms with van der Waals surface area (Å²) in [5.41, 5.74) is 3.16. The Morgan fingerprint density at radius 2 is 1.77 bits per heavy atom. The summed E-state index contributed by atoms with van der Waals surface area (Å²) in [6, 6.07) is 9.29. The minimum atomic E-state index is -0.900. The van der Waals surface area contributed by atoms with Crippen LogP contribution in [0, 0.1) is 0 Å². The van der Waals surface area contributed by atoms with Crippen LogP contribution in [0.4, 0.5) is 5.69 Å². The van der Waals surface area contributed by atoms with E-state index in [-0.39, 0.29) is 5.92 Å². The number of unbranched alkanes of at least 4 members (excludes halogenated alkanes) is 1. The molecule has 3 nitrogen and oxygen atoms in total. The molecule has 2 aromatic carbocycles. The molecule has 0 aliphatic heterocycles. The first-order valence-corrected chi connectivity index (χ1v) is 9.73. The normalized spacial score (nSPS) is 12.3. The van der Waals surface area contributed by atoms with Gasteiger partial charge in [-0.25, -0.2) is 0 Å². The SMILES string of the molecule is CCCCNc1cc(Cl)c(C(O)c2ccc(OC)c(C(C)C)c2)c(Cl)c1. The molecule has 0 saturated heterocycles. The average Bonchev–Trinajstić information content (AvgIpc) is 2.60. The van der Waals surface area contributed by atoms with Crippen LogP contribution in [0.1, 0.15) is 62.3 Å². The molecule has 0 bridgehead atoms. The molecule has 26 heavy (non-hydrogen) atoms. The van der Waals surface area contributed by atoms with Gasteiger partial charge >= 0.3 is 0 Å². The summed E-state index contributed by atoms with van der Waals surface area (Å²) in [5, 5.41) is 15.1. The van der Waals surface area contributed by atoms with Crippen LogP contribution in [0.25, 0.3) is 0 Å². The average molecular weight is 396 g/mol. The van der Waals surface area contributed by atoms with Gasteiger partial charge in [0.05, 0.1) is 17.2 Å². The largest absolute Gasteiger partial charge is 0.496 e. The molecule has 0 aliphatic rings. The lowest BCUT2D eigenvalue weighted by Gasteiger charge is -2.19. The minimum Gasteiger partial charge on any atom is -0.496 e. The van der Waals surface area contributed by atoms with Crippen molar-refractivity contribution < 1.29 is 9.84 Å². The fraction of sp³-hybridized carbons (Fsp3) is 0.429. The molecular weight excluding hydrogens is 369 g/mol. The summed E-state index contributed by atoms with van der Waals surface area (Å²) in [6.45, 7) is 7.18. The number of aliphatic hydroxyl groups excluding tert-OH is 1. The Bertz CT molecular complexity index is 724. The number of ether oxygens (including phenoxy) is 1. The Kier molecular flexibility index (Phi) is 7.63. The monoisotopic (exact) mass is 395 g/mol. The summed E-state index contributed by atoms with van der Waals surface area (Å²) in [7, 11) is 1.65. The zero-order valence-electron chi connectivity index (χ0n) is 15.8. The van der Waals surface area contributed by atoms with Crippen molar-refractivity contribution in [2.24, 2.45) is 0 Å². The first-order chi connectivity index (χ1) is 12.4. The van der Waals surface area contributed by atoms with Gasteiger partial charge in [-0.05, 0) is 47.7 Å². The summed E-state index contributed by atoms with van der Waals surface area (Å²) in [4.78, 5) is 0. The second kappa shape index (κ2) is 9.50. The number of hydrogen-bond acceptors (Lipinski definition) is 3. The highest BCUT2D eigenvalue weighted by atomic mass is 35.5. The van der Waals surface area contributed by atoms with Crippen LogP contribution in [0.5, 0.6) is 5.75 Å². The second-order valence-electron chi connectivity index (χ2n) is 6.69. The molecule has 0 radical (unpaired) electrons. The van der Waals surface area contributed by atoms with Crippen LogP contribution in [-0.2, 0) is 0 Å². The molecule has 2 rings (SSSR count). The Morgan fingerprint density at radius 3 is 2.31 bits per heavy atom. The predicted molar refractivity (Wildman–Crippen MR) is 111 cm³/mol. The second-order valence-corrected chi connectivity index (χ2v) is 7.51. The highest BCUT2D eigenvalue weighted by molar-refractivity contribution is 6.36. The summed E-state index contributed by atoms with van der Waals surface area (Å²) in [6.07, 6.45) is 1.28. The molecule has 2 N–H and O–H groups in total. The number of anilines is 1. The van der Waals surface area contributed by atoms with Crippen LogP contribution in [0.3, 0.4) is 0 Å². The third-order valence-corrected chi connectivity index (χ3v) is 5.03. The van der Waals surface area contributed by atoms with Crippen molar-refractivity contribution in [3.63, 3.8) is 0 Å². The van der Waals surface area contributed by atoms with Gasteiger partial charge in [0.25, 0.3) is 0 Å². The molecule has 0 aromatic heterocycles. The van der Waals surface area contributed by atoms with E-state index in [0.29, 0.717) is 15.6 Å². The maximum atomic E-state index is 10.9. The molecule has 0 fully saturated rings. The van der Waals surface area contributed by atoms with Crippen molar-refractivity contribution in [2.45, 2.75) is 45.6 Å². The Hall–Kier alpha value is -1.42. The zero-order chi connectivity index (χ0) is 19.3. The van der Waals surface area contributed by atoms with Crippen molar-refractivity contribution in [3.8, 4) is 5.75 Å². The van der Waals surface area contributed by atoms with Gasteiger partial charge in [-0.1, -0.05) is 56.5 Å². The Labute approximate surface area is 166 Å². The molecular formula is C21H27Cl2NO2. The van der Waals surface area contributed by atoms with Crippen LogP contribution in [-0.4, -0.2) is 18.8 Å². The van der Waals surface area contributed by atoms with Crippen LogP contribution in [0.2, 0.25) is 10.0 Å². The maximum absolute atomic E-state index is 10.9. The number of aliphatic hydroxyl groups is 1. The maximum Gasteiger partial charge on any atom is 0.122 e. The van der Waals surface area contributed by atoms with Gasteiger partial charge in [-0.15, -0.1) is 0 Å². The van der Waals surface area contributed by atoms with E-state index >= 15 is 0 Å². The topological polar surface area (TPSA) is 41.5 Å². The molecule has 5 heteroatoms. The molecule has 0 aliphatic carbocycles. The summed E-state index contributed by atoms with van der Waals surface area (Å²) >= 11 is 12.9. The van der Waals surface area contributed by atoms with Crippen LogP contribution >= 0.6 is 23.2 Å². The molecule has 1 atom stereocenters. The number of benzene rings is 2. The van der Waals surface area contributed by atoms with E-state index in [1.54, 1.807) is 7.11 Å². The molecule has 0 spiro atoms. The van der Waals surface area contributed by atoms with Gasteiger partial charge in [0.1, 0.15) is 11.9 Å². The number of halogens is 2. The lowest BCUT2D eigenvalue weighted by molar-refractivity contribution is 0.220. The van der Waals surface area contributed by atoms with E-state index in [9.17, 15) is 5.11 Å². The molecule has 0 amide bonds. The van der Waals surface area contributed by atoms with Gasteiger partial charge in [0.15, 0.2) is 0 Å². The van der Waals surface area contributed by atoms with E-state index in [0.717, 1.165) is 42.0 Å². The third-order valence-electron chi connectivity index (χ3n) is 4.40. The number of rotatable bonds is 8. The lowest BCUT2D eigenvalue weighted by Crippen LogP contribution is -2.06. The quantitative estimate of drug-likeness (QED) is 0.506. The van der Waals surface area contributed by atoms with Gasteiger partial charge in [-0.3, -0.25) is 0 Å². The van der Waals surface area contributed by atoms with E-state index in [1.165, 1.54) is 0 Å². The fourth-order valence-electron chi connectivity index (χ4n) is 2.90. The van der Waals surface area contributed by atoms with Gasteiger partial charge in [-0.2, -0.15) is 0 Å². The minimum absolute atomic E-state index is 0.271. The van der Waals surface area contributed by atoms with Gasteiger partial charge in [0.2, 0.25) is 0 Å². The van der Waals surface area contributed by atoms with Crippen molar-refractivity contribution in [1.82, 2.24) is 0 Å². The molecule has 2 aromatic rings. The fourth-order valence-corrected chi connectivity index (χ4v) is 3.59. The number of hydrogen-bond donors (Lipinski definition) is 2. The smallest absolute Gasteiger partial charge is 0.122 e. The third kappa shape index (κ3) is 4.85. The van der Waals surface area contributed by atoms with Crippen molar-refractivity contribution in [2.75, 3.05) is 19.0 Å². The van der Waals surface area contributed by atoms with Crippen molar-refractivity contribution in [1.29, 1.82) is 0 Å². The highest BCUT2D eigenvalue weighted by Gasteiger charge is 2.20. The molecule has 1 unspecified atom stereocenters. The first-order valence-electron chi connectivity index (χ1n) is 8.97. The molecule has 0 saturated carbocycles. The van der Waals surface area contributed by atoms with Crippen molar-refractivity contribution in [3.05, 3.63) is 57.1 Å². The van der Waals surface area contributed by atoms with E-state index in [4.69, 9.17) is 27.9 Å². The first kappa shape index (κ1) is 20.9. The highest BCUT2D eigenvalue weighted by Crippen LogP contribution is 2.38. The molecule has 142 valence electrons. The number of nitrogens with one attached hydrogen (secondary N) is 1. The van der Waals surface area contributed by atoms with Gasteiger partial charge < -0.3 is 15.2 Å². The van der Waals surface area contributed by atoms with E-state index in [2.05, 4.69) is 26.1 Å². The van der Waals surface area contributed by atoms with E-state index in [1.807, 2.05) is 30.3 Å². The van der Waals surface area contributed by atoms with Gasteiger partial charge in [0, 0.05) is 17.8 Å². The summed E-state index contributed by atoms with van der Waals surface area (Å²) in [5.74, 6) is 1.08. The Balaban J connectivity index is 2.34. The van der Waals surface area contributed by atoms with Crippen LogP contribution < -0.4 is 10.1 Å². The van der Waals surface area contributed by atoms with Crippen LogP contribution in [0.15, 0.2) is 30.3 Å². The predicted octanol–water partition coefficient (Wildman–Crippen LogP) is 6.42. The van der Waals surface area contributed by atoms with Crippen molar-refractivity contribution >= 4 is 28.9 Å². The standard InChI is InChI=1S/C21H27Cl2NO2/c1-5-6-9-24-15-11-17(22)20(18(23)12-15)21(25)14-7-8-19(26-4)16(10-14)13(2)3/h7-8,10-13,21,24-25H,5-6,9H2,1-4H3.